The molecule has 0 spiro atoms. The van der Waals surface area contributed by atoms with E-state index in [1.54, 1.807) is 18.3 Å². The Morgan fingerprint density at radius 2 is 1.96 bits per heavy atom. The highest BCUT2D eigenvalue weighted by Gasteiger charge is 2.13. The molecule has 5 nitrogen and oxygen atoms in total. The average Bonchev–Trinajstić information content (AvgIpc) is 3.09. The molecule has 2 aromatic rings. The lowest BCUT2D eigenvalue weighted by Crippen LogP contribution is -2.20. The number of amides is 2. The zero-order valence-corrected chi connectivity index (χ0v) is 15.3. The van der Waals surface area contributed by atoms with E-state index in [4.69, 9.17) is 5.73 Å². The monoisotopic (exact) mass is 366 g/mol. The van der Waals surface area contributed by atoms with Crippen molar-refractivity contribution in [2.45, 2.75) is 32.6 Å². The van der Waals surface area contributed by atoms with Crippen molar-refractivity contribution >= 4 is 28.8 Å². The Labute approximate surface area is 158 Å². The van der Waals surface area contributed by atoms with Gasteiger partial charge in [0.2, 0.25) is 0 Å². The van der Waals surface area contributed by atoms with Crippen LogP contribution in [0, 0.1) is 5.82 Å². The minimum atomic E-state index is -0.503. The molecule has 0 bridgehead atoms. The zero-order valence-electron chi connectivity index (χ0n) is 15.3. The Hall–Kier alpha value is -3.15. The van der Waals surface area contributed by atoms with Gasteiger partial charge >= 0.3 is 6.03 Å². The molecular weight excluding hydrogens is 343 g/mol. The van der Waals surface area contributed by atoms with Crippen LogP contribution in [0.1, 0.15) is 37.3 Å². The number of benzene rings is 2. The van der Waals surface area contributed by atoms with E-state index >= 15 is 0 Å². The van der Waals surface area contributed by atoms with Crippen LogP contribution in [-0.2, 0) is 6.42 Å². The fourth-order valence-electron chi connectivity index (χ4n) is 2.86. The Balaban J connectivity index is 1.63. The minimum Gasteiger partial charge on any atom is -0.387 e. The molecule has 0 unspecified atom stereocenters. The maximum Gasteiger partial charge on any atom is 0.323 e. The summed E-state index contributed by atoms with van der Waals surface area (Å²) < 4.78 is 14.1. The number of amidine groups is 1. The summed E-state index contributed by atoms with van der Waals surface area (Å²) in [5.74, 6) is 0.0141. The van der Waals surface area contributed by atoms with Gasteiger partial charge in [-0.05, 0) is 53.8 Å². The summed E-state index contributed by atoms with van der Waals surface area (Å²) in [5, 5.41) is 5.28. The van der Waals surface area contributed by atoms with Gasteiger partial charge in [0, 0.05) is 18.3 Å². The van der Waals surface area contributed by atoms with Gasteiger partial charge in [-0.25, -0.2) is 14.2 Å². The van der Waals surface area contributed by atoms with Gasteiger partial charge in [-0.2, -0.15) is 0 Å². The summed E-state index contributed by atoms with van der Waals surface area (Å²) in [4.78, 5) is 16.3. The van der Waals surface area contributed by atoms with E-state index in [0.717, 1.165) is 30.4 Å². The second-order valence-corrected chi connectivity index (χ2v) is 6.53. The van der Waals surface area contributed by atoms with Crippen molar-refractivity contribution in [1.82, 2.24) is 0 Å². The van der Waals surface area contributed by atoms with Crippen molar-refractivity contribution < 1.29 is 9.18 Å². The summed E-state index contributed by atoms with van der Waals surface area (Å²) in [7, 11) is 0. The summed E-state index contributed by atoms with van der Waals surface area (Å²) in [5.41, 5.74) is 9.33. The van der Waals surface area contributed by atoms with Crippen molar-refractivity contribution in [3.05, 3.63) is 65.6 Å². The van der Waals surface area contributed by atoms with Crippen LogP contribution in [0.5, 0.6) is 0 Å². The van der Waals surface area contributed by atoms with E-state index in [2.05, 4.69) is 22.5 Å². The fraction of sp³-hybridized carbons (Fsp3) is 0.238. The van der Waals surface area contributed by atoms with Gasteiger partial charge in [0.1, 0.15) is 11.7 Å². The van der Waals surface area contributed by atoms with Crippen LogP contribution < -0.4 is 16.4 Å². The number of nitrogens with one attached hydrogen (secondary N) is 2. The molecule has 140 valence electrons. The summed E-state index contributed by atoms with van der Waals surface area (Å²) in [6.07, 6.45) is 5.47. The van der Waals surface area contributed by atoms with E-state index in [0.29, 0.717) is 17.9 Å². The lowest BCUT2D eigenvalue weighted by atomic mass is 10.0. The second-order valence-electron chi connectivity index (χ2n) is 6.53. The molecule has 0 saturated heterocycles. The van der Waals surface area contributed by atoms with Crippen molar-refractivity contribution in [2.24, 2.45) is 10.7 Å². The molecule has 1 aliphatic heterocycles. The first-order chi connectivity index (χ1) is 13.0. The maximum absolute atomic E-state index is 14.1. The van der Waals surface area contributed by atoms with Gasteiger partial charge < -0.3 is 16.4 Å². The quantitative estimate of drug-likeness (QED) is 0.679. The number of unbranched alkanes of at least 4 members (excludes halogenated alkanes) is 1. The van der Waals surface area contributed by atoms with E-state index in [1.165, 1.54) is 11.6 Å². The highest BCUT2D eigenvalue weighted by Crippen LogP contribution is 2.26. The third kappa shape index (κ3) is 4.94. The van der Waals surface area contributed by atoms with Gasteiger partial charge in [-0.15, -0.1) is 0 Å². The standard InChI is InChI=1S/C21H23FN4O/c1-2-3-4-14-5-8-17(9-6-14)25-21(27)26-19-11-15(7-10-18(19)22)16-12-20(23)24-13-16/h5-11,13H,2-4,12H2,1H3,(H2,23,24)(H2,25,26,27). The number of carbonyl (C=O) groups excluding carboxylic acids is 1. The van der Waals surface area contributed by atoms with E-state index in [1.807, 2.05) is 24.3 Å². The van der Waals surface area contributed by atoms with Crippen molar-refractivity contribution in [3.63, 3.8) is 0 Å². The van der Waals surface area contributed by atoms with E-state index in [-0.39, 0.29) is 5.69 Å². The Morgan fingerprint density at radius 1 is 1.19 bits per heavy atom. The molecule has 0 radical (unpaired) electrons. The molecule has 2 amide bonds. The van der Waals surface area contributed by atoms with Gasteiger partial charge in [-0.1, -0.05) is 31.5 Å². The summed E-state index contributed by atoms with van der Waals surface area (Å²) in [6, 6.07) is 11.7. The SMILES string of the molecule is CCCCc1ccc(NC(=O)Nc2cc(C3=CN=C(N)C3)ccc2F)cc1. The first-order valence-electron chi connectivity index (χ1n) is 9.03. The third-order valence-corrected chi connectivity index (χ3v) is 4.37. The highest BCUT2D eigenvalue weighted by atomic mass is 19.1. The van der Waals surface area contributed by atoms with Crippen LogP contribution in [-0.4, -0.2) is 11.9 Å². The third-order valence-electron chi connectivity index (χ3n) is 4.37. The lowest BCUT2D eigenvalue weighted by molar-refractivity contribution is 0.262. The van der Waals surface area contributed by atoms with Gasteiger partial charge in [0.15, 0.2) is 0 Å². The predicted octanol–water partition coefficient (Wildman–Crippen LogP) is 4.91. The molecule has 1 heterocycles. The van der Waals surface area contributed by atoms with Crippen molar-refractivity contribution in [2.75, 3.05) is 10.6 Å². The van der Waals surface area contributed by atoms with Crippen LogP contribution in [0.15, 0.2) is 53.7 Å². The van der Waals surface area contributed by atoms with Crippen LogP contribution in [0.4, 0.5) is 20.6 Å². The molecular formula is C21H23FN4O. The van der Waals surface area contributed by atoms with Crippen LogP contribution >= 0.6 is 0 Å². The fourth-order valence-corrected chi connectivity index (χ4v) is 2.86. The molecule has 1 aliphatic rings. The Morgan fingerprint density at radius 3 is 2.63 bits per heavy atom. The number of hydrogen-bond acceptors (Lipinski definition) is 3. The number of carbonyl (C=O) groups is 1. The Bertz CT molecular complexity index is 888. The average molecular weight is 366 g/mol. The molecule has 0 aromatic heterocycles. The minimum absolute atomic E-state index is 0.107. The van der Waals surface area contributed by atoms with Crippen molar-refractivity contribution in [1.29, 1.82) is 0 Å². The van der Waals surface area contributed by atoms with Gasteiger partial charge in [0.25, 0.3) is 0 Å². The first-order valence-corrected chi connectivity index (χ1v) is 9.03. The van der Waals surface area contributed by atoms with Crippen LogP contribution in [0.3, 0.4) is 0 Å². The maximum atomic E-state index is 14.1. The molecule has 0 aliphatic carbocycles. The molecule has 0 atom stereocenters. The van der Waals surface area contributed by atoms with E-state index in [9.17, 15) is 9.18 Å². The predicted molar refractivity (Wildman–Crippen MR) is 108 cm³/mol. The Kier molecular flexibility index (Phi) is 5.86. The highest BCUT2D eigenvalue weighted by molar-refractivity contribution is 6.00. The van der Waals surface area contributed by atoms with Crippen LogP contribution in [0.2, 0.25) is 0 Å². The van der Waals surface area contributed by atoms with Gasteiger partial charge in [-0.3, -0.25) is 0 Å². The van der Waals surface area contributed by atoms with Crippen LogP contribution in [0.25, 0.3) is 5.57 Å². The number of nitrogens with zero attached hydrogens (tertiary/aromatic N) is 1. The molecule has 2 aromatic carbocycles. The zero-order chi connectivity index (χ0) is 19.2. The molecule has 0 saturated carbocycles. The number of hydrogen-bond donors (Lipinski definition) is 3. The molecule has 0 fully saturated rings. The smallest absolute Gasteiger partial charge is 0.323 e. The largest absolute Gasteiger partial charge is 0.387 e. The lowest BCUT2D eigenvalue weighted by Gasteiger charge is -2.11. The number of nitrogens with two attached hydrogens (primary N) is 1. The number of halogens is 1. The second kappa shape index (κ2) is 8.49. The molecule has 27 heavy (non-hydrogen) atoms. The van der Waals surface area contributed by atoms with Crippen molar-refractivity contribution in [3.8, 4) is 0 Å². The topological polar surface area (TPSA) is 79.5 Å². The van der Waals surface area contributed by atoms with E-state index < -0.39 is 11.8 Å². The molecule has 6 heteroatoms. The number of anilines is 2. The number of aliphatic imine (C=N–C) groups is 1. The number of urea groups is 1. The number of rotatable bonds is 6. The summed E-state index contributed by atoms with van der Waals surface area (Å²) in [6.45, 7) is 2.15. The molecule has 3 rings (SSSR count). The summed E-state index contributed by atoms with van der Waals surface area (Å²) >= 11 is 0. The first kappa shape index (κ1) is 18.6. The normalized spacial score (nSPS) is 13.1. The van der Waals surface area contributed by atoms with Gasteiger partial charge in [0.05, 0.1) is 5.69 Å². The number of aryl methyl sites for hydroxylation is 1. The molecule has 4 N–H and O–H groups in total.